The molecule has 0 amide bonds. The Hall–Kier alpha value is -2.92. The molecule has 0 aliphatic carbocycles. The number of hydrogen-bond acceptors (Lipinski definition) is 5. The molecule has 0 atom stereocenters. The zero-order chi connectivity index (χ0) is 18.5. The molecule has 2 aromatic heterocycles. The minimum atomic E-state index is 0.911. The number of nitrogens with zero attached hydrogens (tertiary/aromatic N) is 4. The van der Waals surface area contributed by atoms with Crippen molar-refractivity contribution in [3.63, 3.8) is 0 Å². The first-order valence-electron chi connectivity index (χ1n) is 9.32. The van der Waals surface area contributed by atoms with Crippen LogP contribution in [0.1, 0.15) is 5.56 Å². The van der Waals surface area contributed by atoms with Gasteiger partial charge in [-0.15, -0.1) is 0 Å². The molecule has 1 saturated heterocycles. The van der Waals surface area contributed by atoms with Crippen LogP contribution in [0.5, 0.6) is 5.75 Å². The number of piperazine rings is 1. The highest BCUT2D eigenvalue weighted by Crippen LogP contribution is 2.24. The first-order valence-corrected chi connectivity index (χ1v) is 9.32. The number of rotatable bonds is 5. The summed E-state index contributed by atoms with van der Waals surface area (Å²) >= 11 is 0. The molecule has 1 fully saturated rings. The summed E-state index contributed by atoms with van der Waals surface area (Å²) in [6.07, 6.45) is 8.04. The van der Waals surface area contributed by atoms with Crippen LogP contribution in [0.4, 0.5) is 5.82 Å². The Morgan fingerprint density at radius 3 is 2.67 bits per heavy atom. The normalized spacial score (nSPS) is 15.5. The van der Waals surface area contributed by atoms with Crippen molar-refractivity contribution in [1.82, 2.24) is 14.9 Å². The summed E-state index contributed by atoms with van der Waals surface area (Å²) in [5, 5.41) is 1.13. The SMILES string of the molecule is COc1ccccc1C=CCN1CCN(c2nccc3ncccc23)CC1. The van der Waals surface area contributed by atoms with E-state index in [0.29, 0.717) is 0 Å². The standard InChI is InChI=1S/C22H24N4O/c1-27-21-9-3-2-6-18(21)7-5-13-25-14-16-26(17-15-25)22-19-8-4-11-23-20(19)10-12-24-22/h2-12H,13-17H2,1H3. The van der Waals surface area contributed by atoms with E-state index in [9.17, 15) is 0 Å². The van der Waals surface area contributed by atoms with E-state index < -0.39 is 0 Å². The molecule has 1 aromatic carbocycles. The molecule has 1 aliphatic heterocycles. The number of methoxy groups -OCH3 is 1. The number of ether oxygens (including phenoxy) is 1. The van der Waals surface area contributed by atoms with Crippen LogP contribution in [0.15, 0.2) is 60.9 Å². The van der Waals surface area contributed by atoms with Crippen molar-refractivity contribution in [1.29, 1.82) is 0 Å². The van der Waals surface area contributed by atoms with Gasteiger partial charge in [0.05, 0.1) is 12.6 Å². The van der Waals surface area contributed by atoms with E-state index in [4.69, 9.17) is 4.74 Å². The molecule has 4 rings (SSSR count). The molecule has 0 N–H and O–H groups in total. The fourth-order valence-corrected chi connectivity index (χ4v) is 3.51. The summed E-state index contributed by atoms with van der Waals surface area (Å²) in [6, 6.07) is 14.1. The molecule has 27 heavy (non-hydrogen) atoms. The van der Waals surface area contributed by atoms with Crippen molar-refractivity contribution in [3.05, 3.63) is 66.5 Å². The minimum Gasteiger partial charge on any atom is -0.496 e. The average Bonchev–Trinajstić information content (AvgIpc) is 2.74. The van der Waals surface area contributed by atoms with Gasteiger partial charge < -0.3 is 9.64 Å². The predicted octanol–water partition coefficient (Wildman–Crippen LogP) is 3.47. The second kappa shape index (κ2) is 8.18. The Morgan fingerprint density at radius 2 is 1.81 bits per heavy atom. The molecule has 0 bridgehead atoms. The van der Waals surface area contributed by atoms with Crippen LogP contribution in [0.2, 0.25) is 0 Å². The summed E-state index contributed by atoms with van der Waals surface area (Å²) in [5.41, 5.74) is 2.12. The molecule has 5 nitrogen and oxygen atoms in total. The lowest BCUT2D eigenvalue weighted by Gasteiger charge is -2.35. The van der Waals surface area contributed by atoms with Gasteiger partial charge in [0, 0.05) is 56.1 Å². The van der Waals surface area contributed by atoms with Gasteiger partial charge in [-0.3, -0.25) is 9.88 Å². The second-order valence-electron chi connectivity index (χ2n) is 6.64. The molecule has 0 radical (unpaired) electrons. The summed E-state index contributed by atoms with van der Waals surface area (Å²) in [5.74, 6) is 1.96. The van der Waals surface area contributed by atoms with Gasteiger partial charge in [0.15, 0.2) is 0 Å². The van der Waals surface area contributed by atoms with E-state index in [1.807, 2.05) is 42.7 Å². The van der Waals surface area contributed by atoms with E-state index >= 15 is 0 Å². The van der Waals surface area contributed by atoms with Crippen LogP contribution in [-0.4, -0.2) is 54.7 Å². The molecular formula is C22H24N4O. The van der Waals surface area contributed by atoms with Gasteiger partial charge in [0.25, 0.3) is 0 Å². The highest BCUT2D eigenvalue weighted by atomic mass is 16.5. The van der Waals surface area contributed by atoms with Crippen molar-refractivity contribution in [2.45, 2.75) is 0 Å². The average molecular weight is 360 g/mol. The van der Waals surface area contributed by atoms with E-state index in [2.05, 4.69) is 44.1 Å². The fourth-order valence-electron chi connectivity index (χ4n) is 3.51. The third kappa shape index (κ3) is 3.93. The summed E-state index contributed by atoms with van der Waals surface area (Å²) < 4.78 is 5.40. The molecule has 3 aromatic rings. The van der Waals surface area contributed by atoms with E-state index in [0.717, 1.165) is 60.8 Å². The lowest BCUT2D eigenvalue weighted by atomic mass is 10.2. The third-order valence-corrected chi connectivity index (χ3v) is 4.98. The maximum absolute atomic E-state index is 5.40. The molecule has 3 heterocycles. The number of pyridine rings is 2. The minimum absolute atomic E-state index is 0.911. The van der Waals surface area contributed by atoms with Gasteiger partial charge >= 0.3 is 0 Å². The Morgan fingerprint density at radius 1 is 0.963 bits per heavy atom. The van der Waals surface area contributed by atoms with Gasteiger partial charge in [-0.25, -0.2) is 4.98 Å². The van der Waals surface area contributed by atoms with E-state index in [1.165, 1.54) is 0 Å². The van der Waals surface area contributed by atoms with Crippen LogP contribution in [0.25, 0.3) is 17.0 Å². The van der Waals surface area contributed by atoms with Crippen molar-refractivity contribution < 1.29 is 4.74 Å². The van der Waals surface area contributed by atoms with Crippen molar-refractivity contribution in [2.75, 3.05) is 44.7 Å². The van der Waals surface area contributed by atoms with E-state index in [-0.39, 0.29) is 0 Å². The van der Waals surface area contributed by atoms with Crippen LogP contribution in [-0.2, 0) is 0 Å². The molecule has 0 spiro atoms. The van der Waals surface area contributed by atoms with Crippen molar-refractivity contribution in [2.24, 2.45) is 0 Å². The Balaban J connectivity index is 1.37. The monoisotopic (exact) mass is 360 g/mol. The Kier molecular flexibility index (Phi) is 5.30. The molecule has 0 unspecified atom stereocenters. The van der Waals surface area contributed by atoms with Crippen LogP contribution < -0.4 is 9.64 Å². The number of hydrogen-bond donors (Lipinski definition) is 0. The zero-order valence-corrected chi connectivity index (χ0v) is 15.6. The van der Waals surface area contributed by atoms with Crippen molar-refractivity contribution in [3.8, 4) is 5.75 Å². The molecular weight excluding hydrogens is 336 g/mol. The number of para-hydroxylation sites is 1. The first-order chi connectivity index (χ1) is 13.3. The van der Waals surface area contributed by atoms with Gasteiger partial charge in [-0.1, -0.05) is 30.4 Å². The number of benzene rings is 1. The Bertz CT molecular complexity index is 927. The highest BCUT2D eigenvalue weighted by molar-refractivity contribution is 5.89. The largest absolute Gasteiger partial charge is 0.496 e. The first kappa shape index (κ1) is 17.5. The maximum atomic E-state index is 5.40. The van der Waals surface area contributed by atoms with Crippen LogP contribution in [0.3, 0.4) is 0 Å². The summed E-state index contributed by atoms with van der Waals surface area (Å²) in [7, 11) is 1.71. The quantitative estimate of drug-likeness (QED) is 0.697. The molecule has 0 saturated carbocycles. The Labute approximate surface area is 159 Å². The van der Waals surface area contributed by atoms with Gasteiger partial charge in [0.1, 0.15) is 11.6 Å². The number of anilines is 1. The molecule has 5 heteroatoms. The predicted molar refractivity (Wildman–Crippen MR) is 110 cm³/mol. The van der Waals surface area contributed by atoms with Gasteiger partial charge in [-0.05, 0) is 24.3 Å². The molecule has 1 aliphatic rings. The summed E-state index contributed by atoms with van der Waals surface area (Å²) in [4.78, 5) is 13.9. The van der Waals surface area contributed by atoms with Gasteiger partial charge in [-0.2, -0.15) is 0 Å². The highest BCUT2D eigenvalue weighted by Gasteiger charge is 2.18. The molecule has 138 valence electrons. The lowest BCUT2D eigenvalue weighted by molar-refractivity contribution is 0.284. The maximum Gasteiger partial charge on any atom is 0.138 e. The van der Waals surface area contributed by atoms with Crippen molar-refractivity contribution >= 4 is 22.8 Å². The second-order valence-corrected chi connectivity index (χ2v) is 6.64. The number of fused-ring (bicyclic) bond motifs is 1. The topological polar surface area (TPSA) is 41.5 Å². The lowest BCUT2D eigenvalue weighted by Crippen LogP contribution is -2.46. The number of aromatic nitrogens is 2. The third-order valence-electron chi connectivity index (χ3n) is 4.98. The van der Waals surface area contributed by atoms with Gasteiger partial charge in [0.2, 0.25) is 0 Å². The fraction of sp³-hybridized carbons (Fsp3) is 0.273. The zero-order valence-electron chi connectivity index (χ0n) is 15.6. The van der Waals surface area contributed by atoms with Crippen LogP contribution in [0, 0.1) is 0 Å². The van der Waals surface area contributed by atoms with Crippen LogP contribution >= 0.6 is 0 Å². The van der Waals surface area contributed by atoms with E-state index in [1.54, 1.807) is 7.11 Å². The summed E-state index contributed by atoms with van der Waals surface area (Å²) in [6.45, 7) is 4.94. The smallest absolute Gasteiger partial charge is 0.138 e.